The van der Waals surface area contributed by atoms with Crippen LogP contribution >= 0.6 is 0 Å². The van der Waals surface area contributed by atoms with E-state index in [1.807, 2.05) is 19.1 Å². The minimum Gasteiger partial charge on any atom is -0.351 e. The fourth-order valence-electron chi connectivity index (χ4n) is 1.39. The molecule has 0 spiro atoms. The number of pyridine rings is 1. The summed E-state index contributed by atoms with van der Waals surface area (Å²) >= 11 is 0. The maximum absolute atomic E-state index is 5.08. The predicted molar refractivity (Wildman–Crippen MR) is 57.8 cm³/mol. The van der Waals surface area contributed by atoms with Crippen LogP contribution in [-0.2, 0) is 0 Å². The Hall–Kier alpha value is -2.50. The molecular weight excluding hydrogens is 220 g/mol. The van der Waals surface area contributed by atoms with Gasteiger partial charge in [-0.2, -0.15) is 4.98 Å². The van der Waals surface area contributed by atoms with Crippen molar-refractivity contribution in [2.24, 2.45) is 0 Å². The van der Waals surface area contributed by atoms with Gasteiger partial charge in [0, 0.05) is 12.3 Å². The Bertz CT molecular complexity index is 630. The van der Waals surface area contributed by atoms with Crippen molar-refractivity contribution in [3.63, 3.8) is 0 Å². The molecule has 6 heteroatoms. The summed E-state index contributed by atoms with van der Waals surface area (Å²) in [6.45, 7) is 1.82. The average molecular weight is 228 g/mol. The summed E-state index contributed by atoms with van der Waals surface area (Å²) in [6, 6.07) is 7.22. The lowest BCUT2D eigenvalue weighted by Crippen LogP contribution is -1.83. The molecule has 17 heavy (non-hydrogen) atoms. The van der Waals surface area contributed by atoms with Gasteiger partial charge in [0.1, 0.15) is 5.69 Å². The van der Waals surface area contributed by atoms with E-state index in [0.717, 1.165) is 5.69 Å². The lowest BCUT2D eigenvalue weighted by atomic mass is 10.3. The third-order valence-corrected chi connectivity index (χ3v) is 2.16. The zero-order chi connectivity index (χ0) is 11.7. The Labute approximate surface area is 96.3 Å². The molecule has 0 aromatic carbocycles. The summed E-state index contributed by atoms with van der Waals surface area (Å²) in [7, 11) is 0. The van der Waals surface area contributed by atoms with Gasteiger partial charge in [0.2, 0.25) is 11.6 Å². The fraction of sp³-hybridized carbons (Fsp3) is 0.0909. The van der Waals surface area contributed by atoms with Gasteiger partial charge in [0.15, 0.2) is 0 Å². The van der Waals surface area contributed by atoms with Crippen LogP contribution in [-0.4, -0.2) is 20.3 Å². The summed E-state index contributed by atoms with van der Waals surface area (Å²) in [6.07, 6.45) is 1.67. The van der Waals surface area contributed by atoms with E-state index in [1.165, 1.54) is 0 Å². The van der Waals surface area contributed by atoms with E-state index >= 15 is 0 Å². The molecule has 3 heterocycles. The number of aromatic nitrogens is 4. The molecule has 0 aliphatic rings. The van der Waals surface area contributed by atoms with E-state index in [0.29, 0.717) is 23.2 Å². The molecule has 0 aliphatic heterocycles. The second kappa shape index (κ2) is 3.82. The molecule has 84 valence electrons. The molecule has 0 bridgehead atoms. The van der Waals surface area contributed by atoms with Crippen LogP contribution in [0.25, 0.3) is 23.2 Å². The van der Waals surface area contributed by atoms with Gasteiger partial charge in [0.05, 0.1) is 5.69 Å². The third-order valence-electron chi connectivity index (χ3n) is 2.16. The number of rotatable bonds is 2. The molecule has 0 atom stereocenters. The van der Waals surface area contributed by atoms with Gasteiger partial charge >= 0.3 is 0 Å². The van der Waals surface area contributed by atoms with E-state index in [1.54, 1.807) is 18.3 Å². The molecule has 0 fully saturated rings. The number of hydrogen-bond acceptors (Lipinski definition) is 6. The smallest absolute Gasteiger partial charge is 0.296 e. The summed E-state index contributed by atoms with van der Waals surface area (Å²) in [5, 5.41) is 7.59. The van der Waals surface area contributed by atoms with E-state index in [-0.39, 0.29) is 0 Å². The monoisotopic (exact) mass is 228 g/mol. The minimum absolute atomic E-state index is 0.297. The van der Waals surface area contributed by atoms with Crippen molar-refractivity contribution in [3.8, 4) is 23.2 Å². The highest BCUT2D eigenvalue weighted by atomic mass is 16.5. The number of aryl methyl sites for hydroxylation is 1. The van der Waals surface area contributed by atoms with Crippen molar-refractivity contribution in [1.82, 2.24) is 20.3 Å². The normalized spacial score (nSPS) is 10.6. The van der Waals surface area contributed by atoms with E-state index in [9.17, 15) is 0 Å². The molecule has 0 N–H and O–H groups in total. The van der Waals surface area contributed by atoms with Crippen LogP contribution in [0.15, 0.2) is 39.5 Å². The second-order valence-corrected chi connectivity index (χ2v) is 3.47. The summed E-state index contributed by atoms with van der Waals surface area (Å²) in [4.78, 5) is 8.32. The first-order chi connectivity index (χ1) is 8.33. The van der Waals surface area contributed by atoms with Crippen LogP contribution in [0.2, 0.25) is 0 Å². The molecule has 0 aliphatic carbocycles. The second-order valence-electron chi connectivity index (χ2n) is 3.47. The molecule has 3 aromatic rings. The first-order valence-corrected chi connectivity index (χ1v) is 5.02. The van der Waals surface area contributed by atoms with Gasteiger partial charge in [-0.1, -0.05) is 16.4 Å². The zero-order valence-electron chi connectivity index (χ0n) is 8.99. The average Bonchev–Trinajstić information content (AvgIpc) is 2.98. The molecule has 0 amide bonds. The Morgan fingerprint density at radius 2 is 2.06 bits per heavy atom. The van der Waals surface area contributed by atoms with Gasteiger partial charge in [0.25, 0.3) is 5.89 Å². The standard InChI is InChI=1S/C11H8N4O2/c1-7-6-9(16-14-7)11-13-10(15-17-11)8-4-2-3-5-12-8/h2-6H,1H3. The van der Waals surface area contributed by atoms with Crippen LogP contribution in [0.3, 0.4) is 0 Å². The zero-order valence-corrected chi connectivity index (χ0v) is 8.99. The largest absolute Gasteiger partial charge is 0.351 e. The van der Waals surface area contributed by atoms with Gasteiger partial charge < -0.3 is 9.05 Å². The van der Waals surface area contributed by atoms with E-state index in [2.05, 4.69) is 20.3 Å². The number of hydrogen-bond donors (Lipinski definition) is 0. The van der Waals surface area contributed by atoms with Crippen molar-refractivity contribution in [3.05, 3.63) is 36.2 Å². The predicted octanol–water partition coefficient (Wildman–Crippen LogP) is 2.10. The number of nitrogens with zero attached hydrogens (tertiary/aromatic N) is 4. The Kier molecular flexibility index (Phi) is 2.18. The first-order valence-electron chi connectivity index (χ1n) is 5.02. The third kappa shape index (κ3) is 1.80. The van der Waals surface area contributed by atoms with Gasteiger partial charge in [-0.3, -0.25) is 4.98 Å². The topological polar surface area (TPSA) is 77.8 Å². The highest BCUT2D eigenvalue weighted by Gasteiger charge is 2.14. The Morgan fingerprint density at radius 1 is 1.12 bits per heavy atom. The van der Waals surface area contributed by atoms with Crippen LogP contribution in [0, 0.1) is 6.92 Å². The maximum atomic E-state index is 5.08. The fourth-order valence-corrected chi connectivity index (χ4v) is 1.39. The quantitative estimate of drug-likeness (QED) is 0.668. The van der Waals surface area contributed by atoms with Gasteiger partial charge in [-0.25, -0.2) is 0 Å². The minimum atomic E-state index is 0.297. The van der Waals surface area contributed by atoms with Crippen LogP contribution in [0.1, 0.15) is 5.69 Å². The van der Waals surface area contributed by atoms with Crippen molar-refractivity contribution >= 4 is 0 Å². The molecule has 3 aromatic heterocycles. The van der Waals surface area contributed by atoms with Crippen molar-refractivity contribution in [2.75, 3.05) is 0 Å². The van der Waals surface area contributed by atoms with Crippen LogP contribution < -0.4 is 0 Å². The lowest BCUT2D eigenvalue weighted by molar-refractivity contribution is 0.383. The van der Waals surface area contributed by atoms with E-state index < -0.39 is 0 Å². The molecule has 0 saturated heterocycles. The Morgan fingerprint density at radius 3 is 2.76 bits per heavy atom. The summed E-state index contributed by atoms with van der Waals surface area (Å²) in [5.41, 5.74) is 1.41. The van der Waals surface area contributed by atoms with Gasteiger partial charge in [-0.15, -0.1) is 0 Å². The molecule has 6 nitrogen and oxygen atoms in total. The van der Waals surface area contributed by atoms with Crippen LogP contribution in [0.4, 0.5) is 0 Å². The first kappa shape index (κ1) is 9.71. The van der Waals surface area contributed by atoms with Crippen LogP contribution in [0.5, 0.6) is 0 Å². The Balaban J connectivity index is 1.99. The van der Waals surface area contributed by atoms with E-state index in [4.69, 9.17) is 9.05 Å². The molecule has 0 saturated carbocycles. The molecule has 0 radical (unpaired) electrons. The summed E-state index contributed by atoms with van der Waals surface area (Å²) in [5.74, 6) is 1.18. The molecule has 0 unspecified atom stereocenters. The molecule has 3 rings (SSSR count). The SMILES string of the molecule is Cc1cc(-c2nc(-c3ccccn3)no2)on1. The molecular formula is C11H8N4O2. The van der Waals surface area contributed by atoms with Crippen molar-refractivity contribution < 1.29 is 9.05 Å². The highest BCUT2D eigenvalue weighted by molar-refractivity contribution is 5.52. The van der Waals surface area contributed by atoms with Gasteiger partial charge in [-0.05, 0) is 19.1 Å². The van der Waals surface area contributed by atoms with Crippen molar-refractivity contribution in [2.45, 2.75) is 6.92 Å². The lowest BCUT2D eigenvalue weighted by Gasteiger charge is -1.88. The summed E-state index contributed by atoms with van der Waals surface area (Å²) < 4.78 is 10.1. The highest BCUT2D eigenvalue weighted by Crippen LogP contribution is 2.21. The van der Waals surface area contributed by atoms with Crippen molar-refractivity contribution in [1.29, 1.82) is 0 Å². The maximum Gasteiger partial charge on any atom is 0.296 e.